The third-order valence-corrected chi connectivity index (χ3v) is 3.61. The number of halogens is 3. The predicted octanol–water partition coefficient (Wildman–Crippen LogP) is 4.18. The van der Waals surface area contributed by atoms with Gasteiger partial charge in [-0.3, -0.25) is 0 Å². The summed E-state index contributed by atoms with van der Waals surface area (Å²) >= 11 is 9.33. The van der Waals surface area contributed by atoms with E-state index in [1.807, 2.05) is 6.92 Å². The van der Waals surface area contributed by atoms with Crippen LogP contribution in [-0.4, -0.2) is 16.6 Å². The number of hydrogen-bond acceptors (Lipinski definition) is 4. The molecule has 2 rings (SSSR count). The van der Waals surface area contributed by atoms with Gasteiger partial charge in [0.15, 0.2) is 5.82 Å². The first-order valence-electron chi connectivity index (χ1n) is 6.37. The van der Waals surface area contributed by atoms with E-state index in [4.69, 9.17) is 16.3 Å². The second-order valence-electron chi connectivity index (χ2n) is 4.22. The van der Waals surface area contributed by atoms with Crippen LogP contribution in [0.4, 0.5) is 10.2 Å². The van der Waals surface area contributed by atoms with E-state index in [-0.39, 0.29) is 5.82 Å². The van der Waals surface area contributed by atoms with Crippen LogP contribution in [0.5, 0.6) is 0 Å². The monoisotopic (exact) mass is 373 g/mol. The Morgan fingerprint density at radius 1 is 1.33 bits per heavy atom. The first-order chi connectivity index (χ1) is 10.1. The Morgan fingerprint density at radius 3 is 2.90 bits per heavy atom. The molecule has 0 aliphatic rings. The summed E-state index contributed by atoms with van der Waals surface area (Å²) in [5.41, 5.74) is 0.788. The molecule has 2 aromatic rings. The highest BCUT2D eigenvalue weighted by atomic mass is 79.9. The number of ether oxygens (including phenoxy) is 1. The molecule has 4 nitrogen and oxygen atoms in total. The van der Waals surface area contributed by atoms with Gasteiger partial charge in [0.1, 0.15) is 23.4 Å². The summed E-state index contributed by atoms with van der Waals surface area (Å²) in [7, 11) is 0. The Hall–Kier alpha value is -1.24. The summed E-state index contributed by atoms with van der Waals surface area (Å²) in [5.74, 6) is 0.791. The molecule has 0 saturated heterocycles. The standard InChI is InChI=1S/C14H14BrClFN3O/c1-2-21-8-14-19-12(16)6-13(20-14)18-7-9-5-10(17)3-4-11(9)15/h3-6H,2,7-8H2,1H3,(H,18,19,20). The maximum Gasteiger partial charge on any atom is 0.158 e. The minimum atomic E-state index is -0.284. The van der Waals surface area contributed by atoms with Crippen LogP contribution in [0.3, 0.4) is 0 Å². The maximum absolute atomic E-state index is 13.2. The average Bonchev–Trinajstić information content (AvgIpc) is 2.45. The zero-order chi connectivity index (χ0) is 15.2. The topological polar surface area (TPSA) is 47.0 Å². The molecule has 0 saturated carbocycles. The molecule has 0 unspecified atom stereocenters. The molecule has 0 aliphatic heterocycles. The van der Waals surface area contributed by atoms with Crippen LogP contribution in [0.15, 0.2) is 28.7 Å². The minimum Gasteiger partial charge on any atom is -0.374 e. The van der Waals surface area contributed by atoms with Crippen molar-refractivity contribution in [3.63, 3.8) is 0 Å². The second kappa shape index (κ2) is 7.68. The third-order valence-electron chi connectivity index (χ3n) is 2.64. The molecule has 0 spiro atoms. The van der Waals surface area contributed by atoms with Crippen LogP contribution < -0.4 is 5.32 Å². The van der Waals surface area contributed by atoms with Gasteiger partial charge in [-0.2, -0.15) is 0 Å². The quantitative estimate of drug-likeness (QED) is 0.771. The summed E-state index contributed by atoms with van der Waals surface area (Å²) in [6.45, 7) is 3.19. The molecule has 112 valence electrons. The van der Waals surface area contributed by atoms with E-state index >= 15 is 0 Å². The Bertz CT molecular complexity index is 627. The zero-order valence-corrected chi connectivity index (χ0v) is 13.7. The second-order valence-corrected chi connectivity index (χ2v) is 5.46. The highest BCUT2D eigenvalue weighted by Crippen LogP contribution is 2.20. The van der Waals surface area contributed by atoms with Gasteiger partial charge in [0, 0.05) is 23.7 Å². The van der Waals surface area contributed by atoms with Gasteiger partial charge in [-0.1, -0.05) is 27.5 Å². The number of rotatable bonds is 6. The molecule has 1 N–H and O–H groups in total. The summed E-state index contributed by atoms with van der Waals surface area (Å²) in [5, 5.41) is 3.43. The van der Waals surface area contributed by atoms with E-state index in [0.717, 1.165) is 10.0 Å². The fraction of sp³-hybridized carbons (Fsp3) is 0.286. The minimum absolute atomic E-state index is 0.284. The number of benzene rings is 1. The predicted molar refractivity (Wildman–Crippen MR) is 83.8 cm³/mol. The average molecular weight is 375 g/mol. The Morgan fingerprint density at radius 2 is 2.14 bits per heavy atom. The van der Waals surface area contributed by atoms with Crippen LogP contribution >= 0.6 is 27.5 Å². The van der Waals surface area contributed by atoms with Gasteiger partial charge < -0.3 is 10.1 Å². The fourth-order valence-corrected chi connectivity index (χ4v) is 2.27. The van der Waals surface area contributed by atoms with Crippen molar-refractivity contribution in [1.29, 1.82) is 0 Å². The molecule has 0 fully saturated rings. The molecule has 7 heteroatoms. The van der Waals surface area contributed by atoms with Gasteiger partial charge in [0.2, 0.25) is 0 Å². The van der Waals surface area contributed by atoms with Crippen LogP contribution in [0.25, 0.3) is 0 Å². The molecular formula is C14H14BrClFN3O. The molecular weight excluding hydrogens is 361 g/mol. The molecule has 0 atom stereocenters. The Labute approximate surface area is 135 Å². The normalized spacial score (nSPS) is 10.7. The van der Waals surface area contributed by atoms with Gasteiger partial charge in [0.25, 0.3) is 0 Å². The lowest BCUT2D eigenvalue weighted by molar-refractivity contribution is 0.128. The van der Waals surface area contributed by atoms with Crippen molar-refractivity contribution in [2.75, 3.05) is 11.9 Å². The number of hydrogen-bond donors (Lipinski definition) is 1. The van der Waals surface area contributed by atoms with Gasteiger partial charge >= 0.3 is 0 Å². The van der Waals surface area contributed by atoms with Crippen molar-refractivity contribution < 1.29 is 9.13 Å². The van der Waals surface area contributed by atoms with E-state index in [0.29, 0.717) is 36.6 Å². The largest absolute Gasteiger partial charge is 0.374 e. The van der Waals surface area contributed by atoms with Gasteiger partial charge in [-0.25, -0.2) is 14.4 Å². The van der Waals surface area contributed by atoms with Crippen molar-refractivity contribution in [2.45, 2.75) is 20.1 Å². The summed E-state index contributed by atoms with van der Waals surface area (Å²) < 4.78 is 19.3. The first-order valence-corrected chi connectivity index (χ1v) is 7.54. The van der Waals surface area contributed by atoms with Gasteiger partial charge in [0.05, 0.1) is 0 Å². The van der Waals surface area contributed by atoms with Crippen LogP contribution in [0.2, 0.25) is 5.15 Å². The molecule has 21 heavy (non-hydrogen) atoms. The van der Waals surface area contributed by atoms with Crippen molar-refractivity contribution in [3.8, 4) is 0 Å². The van der Waals surface area contributed by atoms with E-state index < -0.39 is 0 Å². The van der Waals surface area contributed by atoms with Crippen LogP contribution in [0, 0.1) is 5.82 Å². The molecule has 1 aromatic carbocycles. The van der Waals surface area contributed by atoms with Crippen molar-refractivity contribution in [2.24, 2.45) is 0 Å². The Balaban J connectivity index is 2.08. The van der Waals surface area contributed by atoms with Crippen molar-refractivity contribution >= 4 is 33.3 Å². The highest BCUT2D eigenvalue weighted by molar-refractivity contribution is 9.10. The number of nitrogens with zero attached hydrogens (tertiary/aromatic N) is 2. The zero-order valence-electron chi connectivity index (χ0n) is 11.4. The molecule has 0 bridgehead atoms. The van der Waals surface area contributed by atoms with E-state index in [1.54, 1.807) is 12.1 Å². The summed E-state index contributed by atoms with van der Waals surface area (Å²) in [4.78, 5) is 8.38. The Kier molecular flexibility index (Phi) is 5.90. The van der Waals surface area contributed by atoms with Crippen LogP contribution in [0.1, 0.15) is 18.3 Å². The molecule has 0 aliphatic carbocycles. The third kappa shape index (κ3) is 4.91. The molecule has 0 amide bonds. The molecule has 1 heterocycles. The maximum atomic E-state index is 13.2. The molecule has 0 radical (unpaired) electrons. The summed E-state index contributed by atoms with van der Waals surface area (Å²) in [6.07, 6.45) is 0. The van der Waals surface area contributed by atoms with Crippen molar-refractivity contribution in [1.82, 2.24) is 9.97 Å². The van der Waals surface area contributed by atoms with Crippen molar-refractivity contribution in [3.05, 3.63) is 51.1 Å². The smallest absolute Gasteiger partial charge is 0.158 e. The van der Waals surface area contributed by atoms with Gasteiger partial charge in [-0.05, 0) is 30.7 Å². The van der Waals surface area contributed by atoms with Crippen LogP contribution in [-0.2, 0) is 17.9 Å². The van der Waals surface area contributed by atoms with E-state index in [9.17, 15) is 4.39 Å². The fourth-order valence-electron chi connectivity index (χ4n) is 1.68. The lowest BCUT2D eigenvalue weighted by Crippen LogP contribution is -2.06. The number of nitrogens with one attached hydrogen (secondary N) is 1. The SMILES string of the molecule is CCOCc1nc(Cl)cc(NCc2cc(F)ccc2Br)n1. The number of anilines is 1. The highest BCUT2D eigenvalue weighted by Gasteiger charge is 2.06. The lowest BCUT2D eigenvalue weighted by atomic mass is 10.2. The van der Waals surface area contributed by atoms with E-state index in [1.165, 1.54) is 12.1 Å². The summed E-state index contributed by atoms with van der Waals surface area (Å²) in [6, 6.07) is 6.14. The molecule has 1 aromatic heterocycles. The van der Waals surface area contributed by atoms with E-state index in [2.05, 4.69) is 31.2 Å². The van der Waals surface area contributed by atoms with Gasteiger partial charge in [-0.15, -0.1) is 0 Å². The lowest BCUT2D eigenvalue weighted by Gasteiger charge is -2.09. The first kappa shape index (κ1) is 16.1. The number of aromatic nitrogens is 2.